The molecule has 18 heavy (non-hydrogen) atoms. The van der Waals surface area contributed by atoms with Crippen LogP contribution in [0.5, 0.6) is 5.75 Å². The average Bonchev–Trinajstić information content (AvgIpc) is 2.38. The molecule has 4 nitrogen and oxygen atoms in total. The molecule has 1 atom stereocenters. The molecule has 4 heteroatoms. The third-order valence-electron chi connectivity index (χ3n) is 3.04. The van der Waals surface area contributed by atoms with E-state index in [-0.39, 0.29) is 18.7 Å². The van der Waals surface area contributed by atoms with Gasteiger partial charge in [0.1, 0.15) is 12.0 Å². The number of rotatable bonds is 3. The quantitative estimate of drug-likeness (QED) is 0.822. The predicted octanol–water partition coefficient (Wildman–Crippen LogP) is 1.97. The van der Waals surface area contributed by atoms with Gasteiger partial charge in [-0.2, -0.15) is 0 Å². The summed E-state index contributed by atoms with van der Waals surface area (Å²) in [6, 6.07) is 7.68. The first-order valence-electron chi connectivity index (χ1n) is 6.27. The minimum atomic E-state index is -0.145. The Bertz CT molecular complexity index is 402. The standard InChI is InChI=1S/C14H19NO3/c1-11-4-6-13(7-5-11)18-10-14(16)15-8-3-9-17-12(15)2/h4-7,12H,3,8-10H2,1-2H3. The maximum absolute atomic E-state index is 12.0. The molecule has 1 aromatic rings. The lowest BCUT2D eigenvalue weighted by molar-refractivity contribution is -0.154. The second-order valence-electron chi connectivity index (χ2n) is 4.51. The molecule has 1 unspecified atom stereocenters. The molecule has 0 aliphatic carbocycles. The van der Waals surface area contributed by atoms with E-state index in [0.29, 0.717) is 0 Å². The van der Waals surface area contributed by atoms with Crippen molar-refractivity contribution in [3.63, 3.8) is 0 Å². The van der Waals surface area contributed by atoms with Crippen LogP contribution in [0.2, 0.25) is 0 Å². The summed E-state index contributed by atoms with van der Waals surface area (Å²) in [5.74, 6) is 0.697. The van der Waals surface area contributed by atoms with Crippen molar-refractivity contribution in [2.75, 3.05) is 19.8 Å². The summed E-state index contributed by atoms with van der Waals surface area (Å²) < 4.78 is 10.9. The Morgan fingerprint density at radius 2 is 2.17 bits per heavy atom. The van der Waals surface area contributed by atoms with Gasteiger partial charge < -0.3 is 14.4 Å². The van der Waals surface area contributed by atoms with Crippen molar-refractivity contribution >= 4 is 5.91 Å². The van der Waals surface area contributed by atoms with Gasteiger partial charge in [0.2, 0.25) is 0 Å². The largest absolute Gasteiger partial charge is 0.484 e. The summed E-state index contributed by atoms with van der Waals surface area (Å²) in [6.45, 7) is 5.45. The van der Waals surface area contributed by atoms with E-state index in [1.807, 2.05) is 38.1 Å². The first-order valence-corrected chi connectivity index (χ1v) is 6.27. The van der Waals surface area contributed by atoms with E-state index < -0.39 is 0 Å². The van der Waals surface area contributed by atoms with Crippen molar-refractivity contribution in [1.29, 1.82) is 0 Å². The van der Waals surface area contributed by atoms with Gasteiger partial charge >= 0.3 is 0 Å². The van der Waals surface area contributed by atoms with Gasteiger partial charge in [-0.3, -0.25) is 4.79 Å². The van der Waals surface area contributed by atoms with Crippen molar-refractivity contribution in [3.05, 3.63) is 29.8 Å². The van der Waals surface area contributed by atoms with Crippen LogP contribution in [0.3, 0.4) is 0 Å². The first-order chi connectivity index (χ1) is 8.66. The number of hydrogen-bond acceptors (Lipinski definition) is 3. The van der Waals surface area contributed by atoms with Crippen molar-refractivity contribution in [3.8, 4) is 5.75 Å². The molecule has 1 heterocycles. The van der Waals surface area contributed by atoms with Gasteiger partial charge in [0.15, 0.2) is 6.61 Å². The number of aryl methyl sites for hydroxylation is 1. The zero-order chi connectivity index (χ0) is 13.0. The lowest BCUT2D eigenvalue weighted by Gasteiger charge is -2.33. The molecule has 0 saturated carbocycles. The molecule has 1 amide bonds. The summed E-state index contributed by atoms with van der Waals surface area (Å²) in [5, 5.41) is 0. The van der Waals surface area contributed by atoms with Gasteiger partial charge in [0.25, 0.3) is 5.91 Å². The lowest BCUT2D eigenvalue weighted by atomic mass is 10.2. The highest BCUT2D eigenvalue weighted by molar-refractivity contribution is 5.78. The number of carbonyl (C=O) groups excluding carboxylic acids is 1. The van der Waals surface area contributed by atoms with E-state index in [4.69, 9.17) is 9.47 Å². The molecule has 0 radical (unpaired) electrons. The maximum Gasteiger partial charge on any atom is 0.262 e. The predicted molar refractivity (Wildman–Crippen MR) is 68.4 cm³/mol. The molecular formula is C14H19NO3. The third-order valence-corrected chi connectivity index (χ3v) is 3.04. The van der Waals surface area contributed by atoms with Crippen molar-refractivity contribution in [1.82, 2.24) is 4.90 Å². The van der Waals surface area contributed by atoms with Crippen LogP contribution in [-0.4, -0.2) is 36.8 Å². The summed E-state index contributed by atoms with van der Waals surface area (Å²) in [6.07, 6.45) is 0.744. The molecule has 1 fully saturated rings. The van der Waals surface area contributed by atoms with Gasteiger partial charge in [0, 0.05) is 6.54 Å². The Morgan fingerprint density at radius 1 is 1.44 bits per heavy atom. The normalized spacial score (nSPS) is 19.7. The fraction of sp³-hybridized carbons (Fsp3) is 0.500. The summed E-state index contributed by atoms with van der Waals surface area (Å²) in [4.78, 5) is 13.7. The fourth-order valence-corrected chi connectivity index (χ4v) is 1.95. The van der Waals surface area contributed by atoms with E-state index in [0.717, 1.165) is 25.3 Å². The topological polar surface area (TPSA) is 38.8 Å². The zero-order valence-electron chi connectivity index (χ0n) is 10.9. The Balaban J connectivity index is 1.85. The minimum absolute atomic E-state index is 0.0252. The van der Waals surface area contributed by atoms with Crippen molar-refractivity contribution in [2.24, 2.45) is 0 Å². The molecule has 1 aromatic carbocycles. The first kappa shape index (κ1) is 12.9. The van der Waals surface area contributed by atoms with E-state index >= 15 is 0 Å². The van der Waals surface area contributed by atoms with E-state index in [9.17, 15) is 4.79 Å². The molecular weight excluding hydrogens is 230 g/mol. The Hall–Kier alpha value is -1.55. The highest BCUT2D eigenvalue weighted by Crippen LogP contribution is 2.13. The molecule has 0 spiro atoms. The van der Waals surface area contributed by atoms with Crippen LogP contribution in [0.15, 0.2) is 24.3 Å². The number of hydrogen-bond donors (Lipinski definition) is 0. The molecule has 0 aromatic heterocycles. The number of nitrogens with zero attached hydrogens (tertiary/aromatic N) is 1. The Kier molecular flexibility index (Phi) is 4.20. The molecule has 98 valence electrons. The zero-order valence-corrected chi connectivity index (χ0v) is 10.9. The van der Waals surface area contributed by atoms with Crippen LogP contribution < -0.4 is 4.74 Å². The summed E-state index contributed by atoms with van der Waals surface area (Å²) >= 11 is 0. The summed E-state index contributed by atoms with van der Waals surface area (Å²) in [7, 11) is 0. The van der Waals surface area contributed by atoms with Crippen LogP contribution in [-0.2, 0) is 9.53 Å². The van der Waals surface area contributed by atoms with Crippen LogP contribution >= 0.6 is 0 Å². The van der Waals surface area contributed by atoms with E-state index in [2.05, 4.69) is 0 Å². The second-order valence-corrected chi connectivity index (χ2v) is 4.51. The monoisotopic (exact) mass is 249 g/mol. The molecule has 0 bridgehead atoms. The molecule has 1 aliphatic heterocycles. The third kappa shape index (κ3) is 3.23. The van der Waals surface area contributed by atoms with Gasteiger partial charge in [-0.25, -0.2) is 0 Å². The highest BCUT2D eigenvalue weighted by Gasteiger charge is 2.23. The van der Waals surface area contributed by atoms with E-state index in [1.54, 1.807) is 4.90 Å². The van der Waals surface area contributed by atoms with Crippen LogP contribution in [0, 0.1) is 6.92 Å². The maximum atomic E-state index is 12.0. The van der Waals surface area contributed by atoms with Gasteiger partial charge in [-0.1, -0.05) is 17.7 Å². The Labute approximate surface area is 107 Å². The number of ether oxygens (including phenoxy) is 2. The van der Waals surface area contributed by atoms with E-state index in [1.165, 1.54) is 5.56 Å². The molecule has 1 saturated heterocycles. The molecule has 1 aliphatic rings. The van der Waals surface area contributed by atoms with Crippen molar-refractivity contribution in [2.45, 2.75) is 26.5 Å². The average molecular weight is 249 g/mol. The number of carbonyl (C=O) groups is 1. The van der Waals surface area contributed by atoms with Crippen molar-refractivity contribution < 1.29 is 14.3 Å². The van der Waals surface area contributed by atoms with Crippen LogP contribution in [0.4, 0.5) is 0 Å². The smallest absolute Gasteiger partial charge is 0.262 e. The molecule has 0 N–H and O–H groups in total. The fourth-order valence-electron chi connectivity index (χ4n) is 1.95. The Morgan fingerprint density at radius 3 is 2.83 bits per heavy atom. The summed E-state index contributed by atoms with van der Waals surface area (Å²) in [5.41, 5.74) is 1.17. The second kappa shape index (κ2) is 5.87. The van der Waals surface area contributed by atoms with Gasteiger partial charge in [-0.05, 0) is 32.4 Å². The number of amides is 1. The van der Waals surface area contributed by atoms with Crippen LogP contribution in [0.1, 0.15) is 18.9 Å². The highest BCUT2D eigenvalue weighted by atomic mass is 16.5. The van der Waals surface area contributed by atoms with Gasteiger partial charge in [0.05, 0.1) is 6.61 Å². The van der Waals surface area contributed by atoms with Crippen LogP contribution in [0.25, 0.3) is 0 Å². The SMILES string of the molecule is Cc1ccc(OCC(=O)N2CCCOC2C)cc1. The number of benzene rings is 1. The van der Waals surface area contributed by atoms with Gasteiger partial charge in [-0.15, -0.1) is 0 Å². The molecule has 2 rings (SSSR count). The minimum Gasteiger partial charge on any atom is -0.484 e. The lowest BCUT2D eigenvalue weighted by Crippen LogP contribution is -2.46.